The summed E-state index contributed by atoms with van der Waals surface area (Å²) in [5.74, 6) is 0.902. The Hall–Kier alpha value is -4.06. The Labute approximate surface area is 241 Å². The summed E-state index contributed by atoms with van der Waals surface area (Å²) in [6, 6.07) is 12.2. The lowest BCUT2D eigenvalue weighted by Gasteiger charge is -2.38. The number of alkyl halides is 3. The summed E-state index contributed by atoms with van der Waals surface area (Å²) in [5, 5.41) is 0. The normalized spacial score (nSPS) is 17.2. The molecule has 1 amide bonds. The number of anilines is 1. The standard InChI is InChI=1S/C30H33F3N8O/c1-20(39-10-12-41(13-11-39)29(42)18-30(31,32)33)21-6-7-34-23(14-21)16-27-37-24-5-4-22(15-26(24)38-27)25-17-28(36-19-35-25)40-8-2-3-9-40/h4-7,14-15,17,19-20H,2-3,8-13,16,18H2,1H3,(H,37,38). The van der Waals surface area contributed by atoms with Gasteiger partial charge in [0.15, 0.2) is 0 Å². The molecular formula is C30H33F3N8O. The number of imidazole rings is 1. The monoisotopic (exact) mass is 578 g/mol. The van der Waals surface area contributed by atoms with Gasteiger partial charge in [0.05, 0.1) is 16.7 Å². The van der Waals surface area contributed by atoms with Crippen molar-refractivity contribution in [2.45, 2.75) is 44.8 Å². The number of H-pyrrole nitrogens is 1. The van der Waals surface area contributed by atoms with Gasteiger partial charge < -0.3 is 14.8 Å². The molecule has 1 atom stereocenters. The van der Waals surface area contributed by atoms with Crippen LogP contribution in [0.15, 0.2) is 48.9 Å². The molecule has 220 valence electrons. The third-order valence-electron chi connectivity index (χ3n) is 8.15. The van der Waals surface area contributed by atoms with Gasteiger partial charge in [0.25, 0.3) is 0 Å². The van der Waals surface area contributed by atoms with E-state index in [0.29, 0.717) is 19.5 Å². The van der Waals surface area contributed by atoms with Gasteiger partial charge in [0.2, 0.25) is 5.91 Å². The lowest BCUT2D eigenvalue weighted by atomic mass is 10.1. The Bertz CT molecular complexity index is 1560. The predicted molar refractivity (Wildman–Crippen MR) is 153 cm³/mol. The maximum absolute atomic E-state index is 12.6. The van der Waals surface area contributed by atoms with Gasteiger partial charge >= 0.3 is 6.18 Å². The molecule has 0 radical (unpaired) electrons. The van der Waals surface area contributed by atoms with Gasteiger partial charge in [-0.05, 0) is 49.6 Å². The molecule has 5 heterocycles. The van der Waals surface area contributed by atoms with Crippen molar-refractivity contribution >= 4 is 22.8 Å². The number of carbonyl (C=O) groups is 1. The third-order valence-corrected chi connectivity index (χ3v) is 8.15. The Kier molecular flexibility index (Phi) is 7.80. The Morgan fingerprint density at radius 1 is 0.976 bits per heavy atom. The number of pyridine rings is 1. The topological polar surface area (TPSA) is 94.1 Å². The van der Waals surface area contributed by atoms with Crippen LogP contribution in [0.5, 0.6) is 0 Å². The van der Waals surface area contributed by atoms with E-state index in [4.69, 9.17) is 4.98 Å². The number of aromatic nitrogens is 5. The first-order valence-electron chi connectivity index (χ1n) is 14.3. The zero-order valence-electron chi connectivity index (χ0n) is 23.4. The number of nitrogens with one attached hydrogen (secondary N) is 1. The minimum Gasteiger partial charge on any atom is -0.357 e. The summed E-state index contributed by atoms with van der Waals surface area (Å²) in [5.41, 5.74) is 5.58. The fraction of sp³-hybridized carbons (Fsp3) is 0.433. The number of fused-ring (bicyclic) bond motifs is 1. The van der Waals surface area contributed by atoms with E-state index in [2.05, 4.69) is 42.7 Å². The van der Waals surface area contributed by atoms with E-state index in [9.17, 15) is 18.0 Å². The van der Waals surface area contributed by atoms with Crippen LogP contribution < -0.4 is 4.90 Å². The molecule has 2 aliphatic rings. The van der Waals surface area contributed by atoms with Crippen LogP contribution in [0.25, 0.3) is 22.3 Å². The first-order valence-corrected chi connectivity index (χ1v) is 14.3. The van der Waals surface area contributed by atoms with Crippen molar-refractivity contribution < 1.29 is 18.0 Å². The van der Waals surface area contributed by atoms with Crippen molar-refractivity contribution in [1.29, 1.82) is 0 Å². The van der Waals surface area contributed by atoms with Gasteiger partial charge in [-0.1, -0.05) is 6.07 Å². The third kappa shape index (κ3) is 6.38. The number of halogens is 3. The Morgan fingerprint density at radius 3 is 2.52 bits per heavy atom. The van der Waals surface area contributed by atoms with Gasteiger partial charge in [-0.3, -0.25) is 14.7 Å². The van der Waals surface area contributed by atoms with Gasteiger partial charge in [-0.2, -0.15) is 13.2 Å². The second kappa shape index (κ2) is 11.7. The lowest BCUT2D eigenvalue weighted by Crippen LogP contribution is -2.50. The summed E-state index contributed by atoms with van der Waals surface area (Å²) in [6.45, 7) is 5.71. The molecule has 9 nitrogen and oxygen atoms in total. The molecule has 1 N–H and O–H groups in total. The van der Waals surface area contributed by atoms with E-state index in [1.807, 2.05) is 30.3 Å². The number of hydrogen-bond acceptors (Lipinski definition) is 7. The molecule has 6 rings (SSSR count). The number of carbonyl (C=O) groups excluding carboxylic acids is 1. The fourth-order valence-electron chi connectivity index (χ4n) is 5.81. The number of benzene rings is 1. The van der Waals surface area contributed by atoms with Crippen molar-refractivity contribution in [2.75, 3.05) is 44.2 Å². The molecule has 0 saturated carbocycles. The number of nitrogens with zero attached hydrogens (tertiary/aromatic N) is 7. The molecule has 12 heteroatoms. The molecule has 42 heavy (non-hydrogen) atoms. The molecule has 0 spiro atoms. The molecule has 1 unspecified atom stereocenters. The SMILES string of the molecule is CC(c1ccnc(Cc2nc3ccc(-c4cc(N5CCCC5)ncn4)cc3[nH]2)c1)N1CCN(C(=O)CC(F)(F)F)CC1. The van der Waals surface area contributed by atoms with Crippen LogP contribution in [0, 0.1) is 0 Å². The van der Waals surface area contributed by atoms with Crippen LogP contribution in [0.2, 0.25) is 0 Å². The maximum atomic E-state index is 12.6. The number of amides is 1. The zero-order chi connectivity index (χ0) is 29.3. The van der Waals surface area contributed by atoms with Crippen molar-refractivity contribution in [3.8, 4) is 11.3 Å². The molecule has 2 saturated heterocycles. The van der Waals surface area contributed by atoms with Crippen LogP contribution in [0.1, 0.15) is 49.3 Å². The van der Waals surface area contributed by atoms with E-state index in [0.717, 1.165) is 58.3 Å². The van der Waals surface area contributed by atoms with Gasteiger partial charge in [-0.15, -0.1) is 0 Å². The summed E-state index contributed by atoms with van der Waals surface area (Å²) < 4.78 is 37.8. The molecular weight excluding hydrogens is 545 g/mol. The van der Waals surface area contributed by atoms with Gasteiger partial charge in [0.1, 0.15) is 24.4 Å². The molecule has 0 bridgehead atoms. The van der Waals surface area contributed by atoms with Gasteiger partial charge in [0, 0.05) is 75.3 Å². The quantitative estimate of drug-likeness (QED) is 0.338. The highest BCUT2D eigenvalue weighted by atomic mass is 19.4. The lowest BCUT2D eigenvalue weighted by molar-refractivity contribution is -0.162. The zero-order valence-corrected chi connectivity index (χ0v) is 23.4. The van der Waals surface area contributed by atoms with Crippen LogP contribution in [0.3, 0.4) is 0 Å². The summed E-state index contributed by atoms with van der Waals surface area (Å²) in [6.07, 6.45) is 0.414. The summed E-state index contributed by atoms with van der Waals surface area (Å²) in [4.78, 5) is 39.5. The van der Waals surface area contributed by atoms with Gasteiger partial charge in [-0.25, -0.2) is 15.0 Å². The summed E-state index contributed by atoms with van der Waals surface area (Å²) in [7, 11) is 0. The molecule has 4 aromatic rings. The van der Waals surface area contributed by atoms with Crippen molar-refractivity contribution in [1.82, 2.24) is 34.7 Å². The molecule has 1 aromatic carbocycles. The minimum absolute atomic E-state index is 0.0307. The van der Waals surface area contributed by atoms with E-state index in [1.165, 1.54) is 17.7 Å². The van der Waals surface area contributed by atoms with Crippen molar-refractivity contribution in [2.24, 2.45) is 0 Å². The van der Waals surface area contributed by atoms with Crippen molar-refractivity contribution in [3.05, 3.63) is 66.0 Å². The van der Waals surface area contributed by atoms with E-state index in [-0.39, 0.29) is 19.1 Å². The number of piperazine rings is 1. The second-order valence-electron chi connectivity index (χ2n) is 11.0. The Morgan fingerprint density at radius 2 is 1.76 bits per heavy atom. The van der Waals surface area contributed by atoms with Crippen LogP contribution in [0.4, 0.5) is 19.0 Å². The smallest absolute Gasteiger partial charge is 0.357 e. The van der Waals surface area contributed by atoms with Crippen molar-refractivity contribution in [3.63, 3.8) is 0 Å². The minimum atomic E-state index is -4.48. The van der Waals surface area contributed by atoms with Crippen LogP contribution in [-0.4, -0.2) is 86.1 Å². The Balaban J connectivity index is 1.11. The highest BCUT2D eigenvalue weighted by molar-refractivity contribution is 5.81. The van der Waals surface area contributed by atoms with Crippen LogP contribution >= 0.6 is 0 Å². The molecule has 3 aromatic heterocycles. The maximum Gasteiger partial charge on any atom is 0.397 e. The molecule has 2 aliphatic heterocycles. The molecule has 2 fully saturated rings. The van der Waals surface area contributed by atoms with E-state index in [1.54, 1.807) is 12.5 Å². The fourth-order valence-corrected chi connectivity index (χ4v) is 5.81. The van der Waals surface area contributed by atoms with E-state index >= 15 is 0 Å². The second-order valence-corrected chi connectivity index (χ2v) is 11.0. The average molecular weight is 579 g/mol. The average Bonchev–Trinajstić information content (AvgIpc) is 3.66. The molecule has 0 aliphatic carbocycles. The number of aromatic amines is 1. The van der Waals surface area contributed by atoms with E-state index < -0.39 is 18.5 Å². The highest BCUT2D eigenvalue weighted by Gasteiger charge is 2.35. The first-order chi connectivity index (χ1) is 20.2. The predicted octanol–water partition coefficient (Wildman–Crippen LogP) is 4.76. The highest BCUT2D eigenvalue weighted by Crippen LogP contribution is 2.27. The largest absolute Gasteiger partial charge is 0.397 e. The number of hydrogen-bond donors (Lipinski definition) is 1. The van der Waals surface area contributed by atoms with Crippen LogP contribution in [-0.2, 0) is 11.2 Å². The summed E-state index contributed by atoms with van der Waals surface area (Å²) >= 11 is 0. The number of rotatable bonds is 7. The first kappa shape index (κ1) is 28.1.